The van der Waals surface area contributed by atoms with Crippen LogP contribution in [0.4, 0.5) is 0 Å². The first-order valence-electron chi connectivity index (χ1n) is 6.64. The van der Waals surface area contributed by atoms with Crippen LogP contribution in [0, 0.1) is 5.92 Å². The summed E-state index contributed by atoms with van der Waals surface area (Å²) in [5.74, 6) is 0.676. The minimum Gasteiger partial charge on any atom is -0.381 e. The third-order valence-electron chi connectivity index (χ3n) is 4.23. The van der Waals surface area contributed by atoms with E-state index in [1.54, 1.807) is 0 Å². The molecule has 0 aliphatic carbocycles. The van der Waals surface area contributed by atoms with Gasteiger partial charge in [0.25, 0.3) is 0 Å². The summed E-state index contributed by atoms with van der Waals surface area (Å²) in [7, 11) is 0. The molecule has 0 spiro atoms. The zero-order valence-electron chi connectivity index (χ0n) is 10.2. The van der Waals surface area contributed by atoms with Gasteiger partial charge in [-0.25, -0.2) is 4.98 Å². The molecule has 0 N–H and O–H groups in total. The highest BCUT2D eigenvalue weighted by Gasteiger charge is 2.34. The van der Waals surface area contributed by atoms with E-state index in [-0.39, 0.29) is 0 Å². The molecule has 3 nitrogen and oxygen atoms in total. The average molecular weight is 240 g/mol. The van der Waals surface area contributed by atoms with Crippen molar-refractivity contribution in [3.63, 3.8) is 0 Å². The number of benzene rings is 1. The van der Waals surface area contributed by atoms with E-state index in [0.717, 1.165) is 26.1 Å². The molecule has 18 heavy (non-hydrogen) atoms. The Morgan fingerprint density at radius 2 is 2.00 bits per heavy atom. The summed E-state index contributed by atoms with van der Waals surface area (Å²) < 4.78 is 7.84. The number of imidazole rings is 1. The molecule has 4 rings (SSSR count). The second-order valence-corrected chi connectivity index (χ2v) is 5.17. The zero-order valence-corrected chi connectivity index (χ0v) is 10.2. The van der Waals surface area contributed by atoms with Crippen LogP contribution in [-0.4, -0.2) is 22.8 Å². The van der Waals surface area contributed by atoms with Gasteiger partial charge in [0.1, 0.15) is 0 Å². The largest absolute Gasteiger partial charge is 0.381 e. The Labute approximate surface area is 106 Å². The number of aromatic nitrogens is 2. The van der Waals surface area contributed by atoms with Crippen molar-refractivity contribution < 1.29 is 4.74 Å². The van der Waals surface area contributed by atoms with Crippen molar-refractivity contribution in [1.29, 1.82) is 0 Å². The minimum atomic E-state index is 0.461. The van der Waals surface area contributed by atoms with Crippen molar-refractivity contribution in [1.82, 2.24) is 9.55 Å². The van der Waals surface area contributed by atoms with Gasteiger partial charge in [-0.3, -0.25) is 0 Å². The molecule has 1 unspecified atom stereocenters. The van der Waals surface area contributed by atoms with E-state index in [0.29, 0.717) is 12.0 Å². The quantitative estimate of drug-likeness (QED) is 0.766. The van der Waals surface area contributed by atoms with E-state index in [9.17, 15) is 0 Å². The Hall–Kier alpha value is -1.61. The van der Waals surface area contributed by atoms with Crippen molar-refractivity contribution in [3.05, 3.63) is 42.4 Å². The lowest BCUT2D eigenvalue weighted by Gasteiger charge is -2.29. The van der Waals surface area contributed by atoms with E-state index in [1.165, 1.54) is 16.8 Å². The van der Waals surface area contributed by atoms with Crippen LogP contribution in [0.2, 0.25) is 0 Å². The molecule has 0 bridgehead atoms. The maximum absolute atomic E-state index is 5.49. The average Bonchev–Trinajstić information content (AvgIpc) is 2.99. The van der Waals surface area contributed by atoms with Crippen LogP contribution >= 0.6 is 0 Å². The van der Waals surface area contributed by atoms with Gasteiger partial charge in [0.15, 0.2) is 0 Å². The predicted molar refractivity (Wildman–Crippen MR) is 69.3 cm³/mol. The fraction of sp³-hybridized carbons (Fsp3) is 0.400. The standard InChI is InChI=1S/C15H16N2O/c1-2-4-13-12(3-1)14-9-16-10-17(14)15(13)11-5-7-18-8-6-11/h1-4,9-11,15H,5-8H2. The van der Waals surface area contributed by atoms with Gasteiger partial charge in [-0.2, -0.15) is 0 Å². The molecular formula is C15H16N2O. The monoisotopic (exact) mass is 240 g/mol. The van der Waals surface area contributed by atoms with Crippen molar-refractivity contribution in [2.24, 2.45) is 5.92 Å². The number of rotatable bonds is 1. The summed E-state index contributed by atoms with van der Waals surface area (Å²) in [5, 5.41) is 0. The summed E-state index contributed by atoms with van der Waals surface area (Å²) >= 11 is 0. The number of nitrogens with zero attached hydrogens (tertiary/aromatic N) is 2. The number of fused-ring (bicyclic) bond motifs is 3. The van der Waals surface area contributed by atoms with Crippen LogP contribution in [0.3, 0.4) is 0 Å². The summed E-state index contributed by atoms with van der Waals surface area (Å²) in [6, 6.07) is 9.20. The van der Waals surface area contributed by atoms with Crippen molar-refractivity contribution in [3.8, 4) is 11.3 Å². The van der Waals surface area contributed by atoms with E-state index >= 15 is 0 Å². The van der Waals surface area contributed by atoms with E-state index in [4.69, 9.17) is 4.74 Å². The molecule has 1 atom stereocenters. The van der Waals surface area contributed by atoms with Gasteiger partial charge in [0.2, 0.25) is 0 Å². The molecule has 0 amide bonds. The van der Waals surface area contributed by atoms with Crippen LogP contribution in [0.25, 0.3) is 11.3 Å². The first-order valence-corrected chi connectivity index (χ1v) is 6.64. The highest BCUT2D eigenvalue weighted by atomic mass is 16.5. The molecule has 1 aromatic carbocycles. The highest BCUT2D eigenvalue weighted by Crippen LogP contribution is 2.45. The molecule has 3 heteroatoms. The van der Waals surface area contributed by atoms with Gasteiger partial charge in [0, 0.05) is 18.8 Å². The Morgan fingerprint density at radius 3 is 2.89 bits per heavy atom. The Balaban J connectivity index is 1.83. The molecule has 1 aromatic heterocycles. The predicted octanol–water partition coefficient (Wildman–Crippen LogP) is 2.88. The molecule has 92 valence electrons. The van der Waals surface area contributed by atoms with E-state index < -0.39 is 0 Å². The van der Waals surface area contributed by atoms with E-state index in [2.05, 4.69) is 33.8 Å². The van der Waals surface area contributed by atoms with Crippen LogP contribution in [0.5, 0.6) is 0 Å². The second kappa shape index (κ2) is 3.95. The van der Waals surface area contributed by atoms with Gasteiger partial charge in [-0.15, -0.1) is 0 Å². The SMILES string of the molecule is c1ccc2c(c1)-c1cncn1C2C1CCOCC1. The van der Waals surface area contributed by atoms with Crippen LogP contribution in [-0.2, 0) is 4.74 Å². The third-order valence-corrected chi connectivity index (χ3v) is 4.23. The first kappa shape index (κ1) is 10.3. The number of hydrogen-bond donors (Lipinski definition) is 0. The number of ether oxygens (including phenoxy) is 1. The van der Waals surface area contributed by atoms with Gasteiger partial charge >= 0.3 is 0 Å². The lowest BCUT2D eigenvalue weighted by atomic mass is 9.87. The molecule has 2 aliphatic heterocycles. The lowest BCUT2D eigenvalue weighted by molar-refractivity contribution is 0.0552. The minimum absolute atomic E-state index is 0.461. The zero-order chi connectivity index (χ0) is 11.9. The van der Waals surface area contributed by atoms with Crippen molar-refractivity contribution in [2.75, 3.05) is 13.2 Å². The Morgan fingerprint density at radius 1 is 1.17 bits per heavy atom. The van der Waals surface area contributed by atoms with Gasteiger partial charge < -0.3 is 9.30 Å². The summed E-state index contributed by atoms with van der Waals surface area (Å²) in [6.45, 7) is 1.79. The van der Waals surface area contributed by atoms with Gasteiger partial charge in [-0.1, -0.05) is 24.3 Å². The smallest absolute Gasteiger partial charge is 0.0956 e. The molecule has 0 radical (unpaired) electrons. The molecule has 1 saturated heterocycles. The van der Waals surface area contributed by atoms with Gasteiger partial charge in [0.05, 0.1) is 24.3 Å². The van der Waals surface area contributed by atoms with Crippen LogP contribution < -0.4 is 0 Å². The molecule has 2 aliphatic rings. The molecule has 3 heterocycles. The maximum Gasteiger partial charge on any atom is 0.0956 e. The summed E-state index contributed by atoms with van der Waals surface area (Å²) in [4.78, 5) is 4.32. The highest BCUT2D eigenvalue weighted by molar-refractivity contribution is 5.69. The fourth-order valence-electron chi connectivity index (χ4n) is 3.39. The van der Waals surface area contributed by atoms with Crippen LogP contribution in [0.1, 0.15) is 24.4 Å². The Kier molecular flexibility index (Phi) is 2.27. The normalized spacial score (nSPS) is 22.8. The molecule has 1 fully saturated rings. The Bertz CT molecular complexity index is 569. The molecule has 0 saturated carbocycles. The van der Waals surface area contributed by atoms with Crippen LogP contribution in [0.15, 0.2) is 36.8 Å². The number of hydrogen-bond acceptors (Lipinski definition) is 2. The molecule has 2 aromatic rings. The lowest BCUT2D eigenvalue weighted by Crippen LogP contribution is -2.24. The maximum atomic E-state index is 5.49. The topological polar surface area (TPSA) is 27.1 Å². The first-order chi connectivity index (χ1) is 8.95. The van der Waals surface area contributed by atoms with Crippen molar-refractivity contribution >= 4 is 0 Å². The van der Waals surface area contributed by atoms with Gasteiger partial charge in [-0.05, 0) is 24.3 Å². The summed E-state index contributed by atoms with van der Waals surface area (Å²) in [6.07, 6.45) is 6.26. The third kappa shape index (κ3) is 1.37. The van der Waals surface area contributed by atoms with Crippen molar-refractivity contribution in [2.45, 2.75) is 18.9 Å². The van der Waals surface area contributed by atoms with E-state index in [1.807, 2.05) is 12.5 Å². The second-order valence-electron chi connectivity index (χ2n) is 5.17. The molecular weight excluding hydrogens is 224 g/mol. The fourth-order valence-corrected chi connectivity index (χ4v) is 3.39. The summed E-state index contributed by atoms with van der Waals surface area (Å²) in [5.41, 5.74) is 4.08.